The number of amides is 1. The van der Waals surface area contributed by atoms with Crippen molar-refractivity contribution in [3.8, 4) is 0 Å². The predicted molar refractivity (Wildman–Crippen MR) is 94.7 cm³/mol. The van der Waals surface area contributed by atoms with Crippen molar-refractivity contribution in [2.24, 2.45) is 0 Å². The smallest absolute Gasteiger partial charge is 0.374 e. The lowest BCUT2D eigenvalue weighted by Crippen LogP contribution is -2.30. The first-order chi connectivity index (χ1) is 12.1. The predicted octanol–water partition coefficient (Wildman–Crippen LogP) is 3.60. The van der Waals surface area contributed by atoms with Crippen LogP contribution in [0, 0.1) is 0 Å². The second kappa shape index (κ2) is 7.85. The van der Waals surface area contributed by atoms with Crippen LogP contribution in [0.2, 0.25) is 5.02 Å². The SMILES string of the molecule is O=C(COC(=O)c1cc2cc(Cl)ccc2o1)NCCc1ccccc1. The van der Waals surface area contributed by atoms with Gasteiger partial charge in [0.25, 0.3) is 5.91 Å². The van der Waals surface area contributed by atoms with Gasteiger partial charge >= 0.3 is 5.97 Å². The Hall–Kier alpha value is -2.79. The van der Waals surface area contributed by atoms with Gasteiger partial charge in [0.15, 0.2) is 6.61 Å². The van der Waals surface area contributed by atoms with Gasteiger partial charge in [-0.15, -0.1) is 0 Å². The maximum absolute atomic E-state index is 12.0. The highest BCUT2D eigenvalue weighted by Gasteiger charge is 2.15. The fourth-order valence-electron chi connectivity index (χ4n) is 2.36. The van der Waals surface area contributed by atoms with E-state index in [4.69, 9.17) is 20.8 Å². The van der Waals surface area contributed by atoms with E-state index in [1.54, 1.807) is 18.2 Å². The Morgan fingerprint density at radius 2 is 1.88 bits per heavy atom. The van der Waals surface area contributed by atoms with Crippen molar-refractivity contribution in [2.75, 3.05) is 13.2 Å². The molecule has 0 atom stereocenters. The molecule has 5 nitrogen and oxygen atoms in total. The Morgan fingerprint density at radius 1 is 1.08 bits per heavy atom. The first-order valence-electron chi connectivity index (χ1n) is 7.79. The highest BCUT2D eigenvalue weighted by Crippen LogP contribution is 2.23. The molecule has 0 saturated carbocycles. The number of fused-ring (bicyclic) bond motifs is 1. The molecule has 1 aromatic heterocycles. The van der Waals surface area contributed by atoms with Gasteiger partial charge in [-0.25, -0.2) is 4.79 Å². The Bertz CT molecular complexity index is 889. The van der Waals surface area contributed by atoms with Gasteiger partial charge < -0.3 is 14.5 Å². The van der Waals surface area contributed by atoms with Gasteiger partial charge in [-0.2, -0.15) is 0 Å². The van der Waals surface area contributed by atoms with E-state index in [9.17, 15) is 9.59 Å². The minimum Gasteiger partial charge on any atom is -0.450 e. The van der Waals surface area contributed by atoms with Crippen LogP contribution in [0.3, 0.4) is 0 Å². The van der Waals surface area contributed by atoms with Crippen molar-refractivity contribution < 1.29 is 18.7 Å². The Morgan fingerprint density at radius 3 is 2.68 bits per heavy atom. The van der Waals surface area contributed by atoms with Crippen LogP contribution in [0.1, 0.15) is 16.1 Å². The first kappa shape index (κ1) is 17.0. The molecule has 6 heteroatoms. The number of hydrogen-bond acceptors (Lipinski definition) is 4. The highest BCUT2D eigenvalue weighted by atomic mass is 35.5. The second-order valence-electron chi connectivity index (χ2n) is 5.45. The summed E-state index contributed by atoms with van der Waals surface area (Å²) in [7, 11) is 0. The molecule has 3 aromatic rings. The Balaban J connectivity index is 1.46. The molecule has 3 rings (SSSR count). The largest absolute Gasteiger partial charge is 0.450 e. The number of carbonyl (C=O) groups is 2. The molecule has 1 amide bonds. The van der Waals surface area contributed by atoms with Gasteiger partial charge in [0, 0.05) is 17.0 Å². The van der Waals surface area contributed by atoms with Gasteiger partial charge in [0.2, 0.25) is 5.76 Å². The van der Waals surface area contributed by atoms with Crippen LogP contribution in [0.4, 0.5) is 0 Å². The van der Waals surface area contributed by atoms with Crippen molar-refractivity contribution in [1.29, 1.82) is 0 Å². The molecule has 128 valence electrons. The van der Waals surface area contributed by atoms with E-state index in [-0.39, 0.29) is 18.3 Å². The maximum atomic E-state index is 12.0. The zero-order chi connectivity index (χ0) is 17.6. The third-order valence-corrected chi connectivity index (χ3v) is 3.83. The maximum Gasteiger partial charge on any atom is 0.374 e. The molecule has 2 aromatic carbocycles. The van der Waals surface area contributed by atoms with E-state index < -0.39 is 5.97 Å². The van der Waals surface area contributed by atoms with E-state index in [2.05, 4.69) is 5.32 Å². The van der Waals surface area contributed by atoms with E-state index in [1.807, 2.05) is 30.3 Å². The summed E-state index contributed by atoms with van der Waals surface area (Å²) in [6.07, 6.45) is 0.713. The molecule has 25 heavy (non-hydrogen) atoms. The normalized spacial score (nSPS) is 10.6. The molecule has 0 aliphatic heterocycles. The highest BCUT2D eigenvalue weighted by molar-refractivity contribution is 6.31. The van der Waals surface area contributed by atoms with E-state index in [0.717, 1.165) is 5.56 Å². The number of carbonyl (C=O) groups excluding carboxylic acids is 2. The van der Waals surface area contributed by atoms with E-state index >= 15 is 0 Å². The average molecular weight is 358 g/mol. The molecule has 0 saturated heterocycles. The van der Waals surface area contributed by atoms with Crippen molar-refractivity contribution in [2.45, 2.75) is 6.42 Å². The summed E-state index contributed by atoms with van der Waals surface area (Å²) in [5, 5.41) is 3.96. The van der Waals surface area contributed by atoms with Crippen LogP contribution in [-0.4, -0.2) is 25.0 Å². The van der Waals surface area contributed by atoms with Gasteiger partial charge in [-0.05, 0) is 36.2 Å². The molecular formula is C19H16ClNO4. The fourth-order valence-corrected chi connectivity index (χ4v) is 2.54. The van der Waals surface area contributed by atoms with Crippen LogP contribution in [-0.2, 0) is 16.0 Å². The summed E-state index contributed by atoms with van der Waals surface area (Å²) in [4.78, 5) is 23.7. The van der Waals surface area contributed by atoms with Crippen LogP contribution >= 0.6 is 11.6 Å². The standard InChI is InChI=1S/C19H16ClNO4/c20-15-6-7-16-14(10-15)11-17(25-16)19(23)24-12-18(22)21-9-8-13-4-2-1-3-5-13/h1-7,10-11H,8-9,12H2,(H,21,22). The molecule has 1 heterocycles. The summed E-state index contributed by atoms with van der Waals surface area (Å²) in [5.74, 6) is -1.01. The number of furan rings is 1. The topological polar surface area (TPSA) is 68.5 Å². The summed E-state index contributed by atoms with van der Waals surface area (Å²) in [6, 6.07) is 16.4. The molecular weight excluding hydrogens is 342 g/mol. The van der Waals surface area contributed by atoms with E-state index in [1.165, 1.54) is 6.07 Å². The summed E-state index contributed by atoms with van der Waals surface area (Å²) < 4.78 is 10.4. The lowest BCUT2D eigenvalue weighted by Gasteiger charge is -2.05. The number of halogens is 1. The summed E-state index contributed by atoms with van der Waals surface area (Å²) in [6.45, 7) is 0.120. The van der Waals surface area contributed by atoms with Gasteiger partial charge in [0.05, 0.1) is 0 Å². The number of hydrogen-bond donors (Lipinski definition) is 1. The third kappa shape index (κ3) is 4.61. The molecule has 0 unspecified atom stereocenters. The first-order valence-corrected chi connectivity index (χ1v) is 8.16. The van der Waals surface area contributed by atoms with E-state index in [0.29, 0.717) is 29.0 Å². The number of esters is 1. The Kier molecular flexibility index (Phi) is 5.36. The zero-order valence-corrected chi connectivity index (χ0v) is 14.1. The van der Waals surface area contributed by atoms with Crippen molar-refractivity contribution in [3.63, 3.8) is 0 Å². The minimum atomic E-state index is -0.689. The number of benzene rings is 2. The molecule has 0 aliphatic rings. The van der Waals surface area contributed by atoms with Gasteiger partial charge in [0.1, 0.15) is 5.58 Å². The molecule has 0 radical (unpaired) electrons. The fraction of sp³-hybridized carbons (Fsp3) is 0.158. The molecule has 0 aliphatic carbocycles. The molecule has 0 spiro atoms. The number of nitrogens with one attached hydrogen (secondary N) is 1. The van der Waals surface area contributed by atoms with Crippen molar-refractivity contribution in [3.05, 3.63) is 70.9 Å². The molecule has 0 bridgehead atoms. The van der Waals surface area contributed by atoms with Crippen LogP contribution in [0.5, 0.6) is 0 Å². The third-order valence-electron chi connectivity index (χ3n) is 3.59. The number of rotatable bonds is 6. The quantitative estimate of drug-likeness (QED) is 0.684. The van der Waals surface area contributed by atoms with Crippen LogP contribution in [0.15, 0.2) is 59.0 Å². The number of ether oxygens (including phenoxy) is 1. The lowest BCUT2D eigenvalue weighted by atomic mass is 10.1. The van der Waals surface area contributed by atoms with Crippen molar-refractivity contribution in [1.82, 2.24) is 5.32 Å². The average Bonchev–Trinajstić information content (AvgIpc) is 3.04. The zero-order valence-electron chi connectivity index (χ0n) is 13.3. The molecule has 0 fully saturated rings. The Labute approximate surface area is 149 Å². The summed E-state index contributed by atoms with van der Waals surface area (Å²) >= 11 is 5.89. The van der Waals surface area contributed by atoms with Crippen LogP contribution in [0.25, 0.3) is 11.0 Å². The monoisotopic (exact) mass is 357 g/mol. The molecule has 1 N–H and O–H groups in total. The lowest BCUT2D eigenvalue weighted by molar-refractivity contribution is -0.124. The minimum absolute atomic E-state index is 0.0364. The van der Waals surface area contributed by atoms with Gasteiger partial charge in [-0.3, -0.25) is 4.79 Å². The van der Waals surface area contributed by atoms with Gasteiger partial charge in [-0.1, -0.05) is 41.9 Å². The second-order valence-corrected chi connectivity index (χ2v) is 5.89. The van der Waals surface area contributed by atoms with Crippen molar-refractivity contribution >= 4 is 34.4 Å². The summed E-state index contributed by atoms with van der Waals surface area (Å²) in [5.41, 5.74) is 1.66. The van der Waals surface area contributed by atoms with Crippen LogP contribution < -0.4 is 5.32 Å².